The first-order valence-corrected chi connectivity index (χ1v) is 8.24. The summed E-state index contributed by atoms with van der Waals surface area (Å²) in [5.74, 6) is -1.36. The van der Waals surface area contributed by atoms with E-state index in [-0.39, 0.29) is 23.6 Å². The van der Waals surface area contributed by atoms with Gasteiger partial charge in [-0.25, -0.2) is 19.6 Å². The molecule has 2 rings (SSSR count). The molecule has 0 aliphatic heterocycles. The molecule has 0 aliphatic rings. The van der Waals surface area contributed by atoms with Gasteiger partial charge in [0.05, 0.1) is 12.6 Å². The number of anilines is 1. The van der Waals surface area contributed by atoms with Crippen molar-refractivity contribution in [3.05, 3.63) is 42.1 Å². The number of nitrogens with zero attached hydrogens (tertiary/aromatic N) is 4. The van der Waals surface area contributed by atoms with Crippen LogP contribution >= 0.6 is 0 Å². The number of alkyl halides is 3. The first-order chi connectivity index (χ1) is 13.5. The summed E-state index contributed by atoms with van der Waals surface area (Å²) < 4.78 is 43.1. The Labute approximate surface area is 163 Å². The predicted molar refractivity (Wildman–Crippen MR) is 94.5 cm³/mol. The highest BCUT2D eigenvalue weighted by atomic mass is 19.4. The van der Waals surface area contributed by atoms with E-state index in [4.69, 9.17) is 4.74 Å². The highest BCUT2D eigenvalue weighted by molar-refractivity contribution is 5.77. The fourth-order valence-electron chi connectivity index (χ4n) is 2.19. The van der Waals surface area contributed by atoms with Crippen LogP contribution in [0.2, 0.25) is 0 Å². The van der Waals surface area contributed by atoms with Crippen LogP contribution in [-0.4, -0.2) is 63.3 Å². The maximum absolute atomic E-state index is 12.7. The van der Waals surface area contributed by atoms with Crippen molar-refractivity contribution in [2.24, 2.45) is 0 Å². The molecule has 0 spiro atoms. The lowest BCUT2D eigenvalue weighted by Gasteiger charge is -2.17. The predicted octanol–water partition coefficient (Wildman–Crippen LogP) is 2.14. The molecule has 0 fully saturated rings. The number of aliphatic carboxylic acids is 1. The number of ether oxygens (including phenoxy) is 1. The van der Waals surface area contributed by atoms with Crippen molar-refractivity contribution in [3.8, 4) is 5.75 Å². The molecule has 1 amide bonds. The molecule has 1 atom stereocenters. The molecule has 2 aromatic heterocycles. The van der Waals surface area contributed by atoms with Gasteiger partial charge in [-0.05, 0) is 12.1 Å². The van der Waals surface area contributed by atoms with Crippen molar-refractivity contribution in [2.45, 2.75) is 25.1 Å². The summed E-state index contributed by atoms with van der Waals surface area (Å²) in [6.07, 6.45) is -3.30. The van der Waals surface area contributed by atoms with Crippen LogP contribution in [0.1, 0.15) is 11.3 Å². The summed E-state index contributed by atoms with van der Waals surface area (Å²) in [6.45, 7) is 0. The minimum absolute atomic E-state index is 0.146. The average Bonchev–Trinajstić information content (AvgIpc) is 2.62. The maximum atomic E-state index is 12.7. The second-order valence-corrected chi connectivity index (χ2v) is 6.18. The summed E-state index contributed by atoms with van der Waals surface area (Å²) in [5.41, 5.74) is 0.0473. The summed E-state index contributed by atoms with van der Waals surface area (Å²) in [4.78, 5) is 35.6. The van der Waals surface area contributed by atoms with E-state index in [1.807, 2.05) is 0 Å². The lowest BCUT2D eigenvalue weighted by atomic mass is 10.1. The number of amides is 1. The minimum Gasteiger partial charge on any atom is -0.480 e. The first kappa shape index (κ1) is 21.9. The third-order valence-electron chi connectivity index (χ3n) is 3.57. The van der Waals surface area contributed by atoms with Gasteiger partial charge in [0, 0.05) is 38.0 Å². The number of rotatable bonds is 7. The van der Waals surface area contributed by atoms with Gasteiger partial charge in [-0.2, -0.15) is 13.2 Å². The highest BCUT2D eigenvalue weighted by Gasteiger charge is 2.30. The number of carboxylic acid groups (broad SMARTS) is 1. The fraction of sp³-hybridized carbons (Fsp3) is 0.353. The molecular weight excluding hydrogens is 395 g/mol. The van der Waals surface area contributed by atoms with Gasteiger partial charge in [-0.1, -0.05) is 0 Å². The number of pyridine rings is 1. The topological polar surface area (TPSA) is 118 Å². The van der Waals surface area contributed by atoms with Crippen molar-refractivity contribution < 1.29 is 32.6 Å². The average molecular weight is 413 g/mol. The van der Waals surface area contributed by atoms with Gasteiger partial charge < -0.3 is 20.1 Å². The zero-order valence-electron chi connectivity index (χ0n) is 15.5. The molecule has 29 heavy (non-hydrogen) atoms. The SMILES string of the molecule is CN(C)C(=O)Oc1ccc(CC(Nc2ncncc2CC(F)(F)F)C(=O)O)nc1. The molecule has 2 N–H and O–H groups in total. The molecule has 0 saturated carbocycles. The summed E-state index contributed by atoms with van der Waals surface area (Å²) in [7, 11) is 3.01. The quantitative estimate of drug-likeness (QED) is 0.709. The third-order valence-corrected chi connectivity index (χ3v) is 3.57. The molecule has 0 aliphatic carbocycles. The minimum atomic E-state index is -4.50. The molecule has 12 heteroatoms. The van der Waals surface area contributed by atoms with Crippen molar-refractivity contribution in [3.63, 3.8) is 0 Å². The Hall–Kier alpha value is -3.44. The largest absolute Gasteiger partial charge is 0.480 e. The second-order valence-electron chi connectivity index (χ2n) is 6.18. The molecule has 1 unspecified atom stereocenters. The van der Waals surface area contributed by atoms with Gasteiger partial charge in [0.25, 0.3) is 0 Å². The van der Waals surface area contributed by atoms with E-state index in [2.05, 4.69) is 20.3 Å². The molecule has 9 nitrogen and oxygen atoms in total. The number of hydrogen-bond donors (Lipinski definition) is 2. The molecule has 2 heterocycles. The van der Waals surface area contributed by atoms with E-state index < -0.39 is 30.7 Å². The zero-order chi connectivity index (χ0) is 21.6. The number of hydrogen-bond acceptors (Lipinski definition) is 7. The number of carbonyl (C=O) groups is 2. The molecule has 2 aromatic rings. The van der Waals surface area contributed by atoms with Gasteiger partial charge in [0.1, 0.15) is 18.2 Å². The first-order valence-electron chi connectivity index (χ1n) is 8.24. The van der Waals surface area contributed by atoms with Crippen molar-refractivity contribution in [1.29, 1.82) is 0 Å². The monoisotopic (exact) mass is 413 g/mol. The third kappa shape index (κ3) is 6.90. The van der Waals surface area contributed by atoms with Crippen molar-refractivity contribution >= 4 is 17.9 Å². The maximum Gasteiger partial charge on any atom is 0.414 e. The number of halogens is 3. The van der Waals surface area contributed by atoms with Crippen LogP contribution in [-0.2, 0) is 17.6 Å². The lowest BCUT2D eigenvalue weighted by molar-refractivity contribution is -0.137. The van der Waals surface area contributed by atoms with E-state index in [0.717, 1.165) is 12.5 Å². The summed E-state index contributed by atoms with van der Waals surface area (Å²) in [5, 5.41) is 11.9. The van der Waals surface area contributed by atoms with Gasteiger partial charge in [-0.15, -0.1) is 0 Å². The second kappa shape index (κ2) is 9.17. The normalized spacial score (nSPS) is 12.2. The number of nitrogens with one attached hydrogen (secondary N) is 1. The van der Waals surface area contributed by atoms with Crippen molar-refractivity contribution in [1.82, 2.24) is 19.9 Å². The summed E-state index contributed by atoms with van der Waals surface area (Å²) >= 11 is 0. The van der Waals surface area contributed by atoms with Crippen LogP contribution in [0.15, 0.2) is 30.9 Å². The Bertz CT molecular complexity index is 859. The Balaban J connectivity index is 2.12. The number of carbonyl (C=O) groups excluding carboxylic acids is 1. The summed E-state index contributed by atoms with van der Waals surface area (Å²) in [6, 6.07) is 1.59. The van der Waals surface area contributed by atoms with Crippen LogP contribution in [0.3, 0.4) is 0 Å². The number of aromatic nitrogens is 3. The molecule has 0 radical (unpaired) electrons. The highest BCUT2D eigenvalue weighted by Crippen LogP contribution is 2.25. The van der Waals surface area contributed by atoms with Crippen LogP contribution < -0.4 is 10.1 Å². The Morgan fingerprint density at radius 3 is 2.52 bits per heavy atom. The van der Waals surface area contributed by atoms with E-state index in [1.54, 1.807) is 0 Å². The van der Waals surface area contributed by atoms with E-state index in [1.165, 1.54) is 37.3 Å². The van der Waals surface area contributed by atoms with Gasteiger partial charge >= 0.3 is 18.2 Å². The van der Waals surface area contributed by atoms with Crippen LogP contribution in [0, 0.1) is 0 Å². The molecule has 156 valence electrons. The van der Waals surface area contributed by atoms with Crippen LogP contribution in [0.25, 0.3) is 0 Å². The lowest BCUT2D eigenvalue weighted by Crippen LogP contribution is -2.33. The fourth-order valence-corrected chi connectivity index (χ4v) is 2.19. The van der Waals surface area contributed by atoms with Crippen LogP contribution in [0.5, 0.6) is 5.75 Å². The smallest absolute Gasteiger partial charge is 0.414 e. The molecular formula is C17H18F3N5O4. The van der Waals surface area contributed by atoms with E-state index >= 15 is 0 Å². The Morgan fingerprint density at radius 2 is 1.97 bits per heavy atom. The van der Waals surface area contributed by atoms with E-state index in [0.29, 0.717) is 5.69 Å². The van der Waals surface area contributed by atoms with Crippen molar-refractivity contribution in [2.75, 3.05) is 19.4 Å². The van der Waals surface area contributed by atoms with Gasteiger partial charge in [0.2, 0.25) is 0 Å². The Kier molecular flexibility index (Phi) is 6.91. The van der Waals surface area contributed by atoms with E-state index in [9.17, 15) is 27.9 Å². The standard InChI is InChI=1S/C17H18F3N5O4/c1-25(2)16(28)29-12-4-3-11(22-8-12)5-13(15(26)27)24-14-10(6-17(18,19)20)7-21-9-23-14/h3-4,7-9,13H,5-6H2,1-2H3,(H,26,27)(H,21,23,24). The molecule has 0 saturated heterocycles. The number of carboxylic acids is 1. The van der Waals surface area contributed by atoms with Gasteiger partial charge in [0.15, 0.2) is 5.75 Å². The Morgan fingerprint density at radius 1 is 1.24 bits per heavy atom. The van der Waals surface area contributed by atoms with Gasteiger partial charge in [-0.3, -0.25) is 4.98 Å². The molecule has 0 aromatic carbocycles. The van der Waals surface area contributed by atoms with Crippen LogP contribution in [0.4, 0.5) is 23.8 Å². The zero-order valence-corrected chi connectivity index (χ0v) is 15.5. The molecule has 0 bridgehead atoms.